The van der Waals surface area contributed by atoms with E-state index in [-0.39, 0.29) is 0 Å². The van der Waals surface area contributed by atoms with Crippen LogP contribution in [-0.2, 0) is 0 Å². The molecule has 0 aliphatic heterocycles. The molecular formula is C15H27FOS. The molecule has 1 rings (SSSR count). The number of hydrogen-bond acceptors (Lipinski definition) is 1. The van der Waals surface area contributed by atoms with Gasteiger partial charge in [-0.1, -0.05) is 13.8 Å². The van der Waals surface area contributed by atoms with Crippen LogP contribution in [0.2, 0.25) is 0 Å². The van der Waals surface area contributed by atoms with Crippen molar-refractivity contribution < 1.29 is 8.30 Å². The van der Waals surface area contributed by atoms with Gasteiger partial charge in [0.15, 0.2) is 5.09 Å². The standard InChI is InChI=1S/C15H27FOS/c1-11(2)12-9-10-13(17-12)18(16,14(3,4)5)15(6,7)8/h9-11H,1-8H3. The highest BCUT2D eigenvalue weighted by Gasteiger charge is 2.50. The van der Waals surface area contributed by atoms with Gasteiger partial charge in [-0.15, -0.1) is 0 Å². The minimum absolute atomic E-state index is 0.294. The highest BCUT2D eigenvalue weighted by molar-refractivity contribution is 8.31. The van der Waals surface area contributed by atoms with Gasteiger partial charge in [-0.2, -0.15) is 3.89 Å². The highest BCUT2D eigenvalue weighted by Crippen LogP contribution is 2.74. The summed E-state index contributed by atoms with van der Waals surface area (Å²) in [6.07, 6.45) is 0. The maximum absolute atomic E-state index is 15.8. The molecule has 1 aromatic heterocycles. The summed E-state index contributed by atoms with van der Waals surface area (Å²) in [7, 11) is -2.53. The van der Waals surface area contributed by atoms with Crippen LogP contribution in [0.5, 0.6) is 0 Å². The lowest BCUT2D eigenvalue weighted by Gasteiger charge is -2.50. The predicted octanol–water partition coefficient (Wildman–Crippen LogP) is 6.05. The molecule has 0 saturated carbocycles. The lowest BCUT2D eigenvalue weighted by Crippen LogP contribution is -2.35. The minimum atomic E-state index is -2.53. The molecule has 0 amide bonds. The SMILES string of the molecule is CC(C)c1ccc(S(F)(C(C)(C)C)C(C)(C)C)o1. The van der Waals surface area contributed by atoms with E-state index in [1.807, 2.05) is 53.7 Å². The Hall–Kier alpha value is -0.440. The van der Waals surface area contributed by atoms with Gasteiger partial charge >= 0.3 is 0 Å². The molecule has 0 unspecified atom stereocenters. The summed E-state index contributed by atoms with van der Waals surface area (Å²) in [5.74, 6) is 1.16. The molecule has 1 heterocycles. The van der Waals surface area contributed by atoms with Gasteiger partial charge in [0.05, 0.1) is 0 Å². The largest absolute Gasteiger partial charge is 0.454 e. The van der Waals surface area contributed by atoms with Crippen molar-refractivity contribution in [1.82, 2.24) is 0 Å². The first kappa shape index (κ1) is 15.6. The first-order chi connectivity index (χ1) is 7.91. The zero-order chi connectivity index (χ0) is 14.4. The smallest absolute Gasteiger partial charge is 0.170 e. The van der Waals surface area contributed by atoms with E-state index < -0.39 is 19.9 Å². The van der Waals surface area contributed by atoms with Gasteiger partial charge < -0.3 is 4.42 Å². The van der Waals surface area contributed by atoms with E-state index in [0.717, 1.165) is 5.76 Å². The Morgan fingerprint density at radius 1 is 1.00 bits per heavy atom. The fourth-order valence-corrected chi connectivity index (χ4v) is 5.83. The summed E-state index contributed by atoms with van der Waals surface area (Å²) < 4.78 is 20.8. The molecule has 0 aliphatic carbocycles. The lowest BCUT2D eigenvalue weighted by atomic mass is 10.2. The Morgan fingerprint density at radius 3 is 1.72 bits per heavy atom. The van der Waals surface area contributed by atoms with Crippen LogP contribution in [0.1, 0.15) is 67.1 Å². The maximum atomic E-state index is 15.8. The van der Waals surface area contributed by atoms with Gasteiger partial charge in [0.2, 0.25) is 0 Å². The van der Waals surface area contributed by atoms with Crippen molar-refractivity contribution in [1.29, 1.82) is 0 Å². The summed E-state index contributed by atoms with van der Waals surface area (Å²) in [5, 5.41) is 0.534. The van der Waals surface area contributed by atoms with Gasteiger partial charge in [-0.05, 0) is 64.1 Å². The monoisotopic (exact) mass is 274 g/mol. The number of rotatable bonds is 2. The van der Waals surface area contributed by atoms with Crippen LogP contribution in [0.15, 0.2) is 21.6 Å². The minimum Gasteiger partial charge on any atom is -0.454 e. The average Bonchev–Trinajstić information content (AvgIpc) is 2.61. The molecule has 106 valence electrons. The normalized spacial score (nSPS) is 15.2. The third-order valence-corrected chi connectivity index (χ3v) is 7.29. The zero-order valence-electron chi connectivity index (χ0n) is 12.9. The van der Waals surface area contributed by atoms with E-state index in [1.54, 1.807) is 0 Å². The summed E-state index contributed by atoms with van der Waals surface area (Å²) in [6, 6.07) is 3.75. The summed E-state index contributed by atoms with van der Waals surface area (Å²) >= 11 is 0. The van der Waals surface area contributed by atoms with Gasteiger partial charge in [-0.25, -0.2) is 0 Å². The summed E-state index contributed by atoms with van der Waals surface area (Å²) in [4.78, 5) is 0. The quantitative estimate of drug-likeness (QED) is 0.640. The molecule has 0 saturated heterocycles. The first-order valence-corrected chi connectivity index (χ1v) is 8.06. The Labute approximate surface area is 113 Å². The Kier molecular flexibility index (Phi) is 3.98. The predicted molar refractivity (Wildman–Crippen MR) is 79.3 cm³/mol. The molecule has 0 N–H and O–H groups in total. The number of halogens is 1. The molecule has 0 aromatic carbocycles. The van der Waals surface area contributed by atoms with E-state index in [2.05, 4.69) is 13.8 Å². The number of furan rings is 1. The topological polar surface area (TPSA) is 13.1 Å². The molecular weight excluding hydrogens is 247 g/mol. The second-order valence-electron chi connectivity index (χ2n) is 7.07. The van der Waals surface area contributed by atoms with E-state index in [0.29, 0.717) is 11.0 Å². The Balaban J connectivity index is 3.36. The van der Waals surface area contributed by atoms with Gasteiger partial charge in [0.1, 0.15) is 5.76 Å². The fraction of sp³-hybridized carbons (Fsp3) is 0.733. The van der Waals surface area contributed by atoms with Crippen molar-refractivity contribution in [2.24, 2.45) is 0 Å². The van der Waals surface area contributed by atoms with Crippen molar-refractivity contribution in [2.45, 2.75) is 75.9 Å². The van der Waals surface area contributed by atoms with E-state index in [1.165, 1.54) is 0 Å². The Morgan fingerprint density at radius 2 is 1.44 bits per heavy atom. The summed E-state index contributed by atoms with van der Waals surface area (Å²) in [5.41, 5.74) is 0. The van der Waals surface area contributed by atoms with Crippen LogP contribution in [0.25, 0.3) is 0 Å². The Bertz CT molecular complexity index is 393. The highest BCUT2D eigenvalue weighted by atomic mass is 32.3. The molecule has 0 aliphatic rings. The number of hydrogen-bond donors (Lipinski definition) is 0. The lowest BCUT2D eigenvalue weighted by molar-refractivity contribution is 0.399. The average molecular weight is 274 g/mol. The van der Waals surface area contributed by atoms with Crippen LogP contribution in [0.4, 0.5) is 3.89 Å². The third-order valence-electron chi connectivity index (χ3n) is 3.14. The van der Waals surface area contributed by atoms with E-state index in [9.17, 15) is 0 Å². The van der Waals surface area contributed by atoms with Crippen molar-refractivity contribution in [3.8, 4) is 0 Å². The molecule has 3 heteroatoms. The molecule has 0 fully saturated rings. The maximum Gasteiger partial charge on any atom is 0.170 e. The van der Waals surface area contributed by atoms with Crippen molar-refractivity contribution in [3.63, 3.8) is 0 Å². The van der Waals surface area contributed by atoms with E-state index in [4.69, 9.17) is 4.42 Å². The van der Waals surface area contributed by atoms with Crippen LogP contribution < -0.4 is 0 Å². The molecule has 0 radical (unpaired) electrons. The molecule has 0 spiro atoms. The molecule has 18 heavy (non-hydrogen) atoms. The van der Waals surface area contributed by atoms with Gasteiger partial charge in [0, 0.05) is 15.4 Å². The zero-order valence-corrected chi connectivity index (χ0v) is 13.7. The van der Waals surface area contributed by atoms with Gasteiger partial charge in [-0.3, -0.25) is 0 Å². The van der Waals surface area contributed by atoms with Crippen LogP contribution in [-0.4, -0.2) is 9.49 Å². The van der Waals surface area contributed by atoms with Crippen molar-refractivity contribution >= 4 is 10.4 Å². The molecule has 0 atom stereocenters. The van der Waals surface area contributed by atoms with Crippen LogP contribution in [0.3, 0.4) is 0 Å². The van der Waals surface area contributed by atoms with Crippen molar-refractivity contribution in [3.05, 3.63) is 17.9 Å². The first-order valence-electron chi connectivity index (χ1n) is 6.53. The second kappa shape index (κ2) is 4.59. The fourth-order valence-electron chi connectivity index (χ4n) is 2.32. The van der Waals surface area contributed by atoms with Crippen LogP contribution >= 0.6 is 10.4 Å². The van der Waals surface area contributed by atoms with Crippen LogP contribution in [0, 0.1) is 0 Å². The van der Waals surface area contributed by atoms with Crippen molar-refractivity contribution in [2.75, 3.05) is 0 Å². The molecule has 1 nitrogen and oxygen atoms in total. The summed E-state index contributed by atoms with van der Waals surface area (Å²) in [6.45, 7) is 15.9. The molecule has 0 bridgehead atoms. The third kappa shape index (κ3) is 2.47. The molecule has 1 aromatic rings. The van der Waals surface area contributed by atoms with Gasteiger partial charge in [0.25, 0.3) is 0 Å². The second-order valence-corrected chi connectivity index (χ2v) is 11.0. The van der Waals surface area contributed by atoms with E-state index >= 15 is 3.89 Å².